The lowest BCUT2D eigenvalue weighted by atomic mass is 10.0. The van der Waals surface area contributed by atoms with E-state index in [0.29, 0.717) is 6.42 Å². The molecule has 0 rings (SSSR count). The summed E-state index contributed by atoms with van der Waals surface area (Å²) in [4.78, 5) is 0. The molecule has 11 heavy (non-hydrogen) atoms. The molecule has 0 aromatic heterocycles. The minimum atomic E-state index is -3.99. The van der Waals surface area contributed by atoms with Gasteiger partial charge in [-0.2, -0.15) is 13.2 Å². The van der Waals surface area contributed by atoms with Gasteiger partial charge in [0, 0.05) is 0 Å². The first-order valence-electron chi connectivity index (χ1n) is 4.05. The van der Waals surface area contributed by atoms with Gasteiger partial charge < -0.3 is 0 Å². The molecule has 0 aromatic rings. The predicted octanol–water partition coefficient (Wildman–Crippen LogP) is 3.77. The van der Waals surface area contributed by atoms with Crippen molar-refractivity contribution in [3.63, 3.8) is 0 Å². The zero-order valence-electron chi connectivity index (χ0n) is 7.04. The van der Waals surface area contributed by atoms with E-state index in [-0.39, 0.29) is 6.42 Å². The quantitative estimate of drug-likeness (QED) is 0.560. The van der Waals surface area contributed by atoms with Gasteiger partial charge in [0.15, 0.2) is 0 Å². The molecular formula is C8H15F3. The largest absolute Gasteiger partial charge is 0.391 e. The molecule has 0 amide bonds. The third-order valence-electron chi connectivity index (χ3n) is 1.80. The van der Waals surface area contributed by atoms with Gasteiger partial charge in [0.1, 0.15) is 0 Å². The summed E-state index contributed by atoms with van der Waals surface area (Å²) in [6.45, 7) is 3.23. The molecule has 0 radical (unpaired) electrons. The Labute approximate surface area is 65.8 Å². The minimum absolute atomic E-state index is 0.275. The molecule has 0 N–H and O–H groups in total. The lowest BCUT2D eigenvalue weighted by molar-refractivity contribution is -0.171. The highest BCUT2D eigenvalue weighted by Gasteiger charge is 2.34. The second kappa shape index (κ2) is 4.62. The van der Waals surface area contributed by atoms with E-state index in [4.69, 9.17) is 0 Å². The standard InChI is InChI=1S/C8H15F3/c1-3-4-5-6-7(2)8(9,10)11/h7H,3-6H2,1-2H3/t7-/m0/s1. The molecule has 0 aliphatic carbocycles. The van der Waals surface area contributed by atoms with Gasteiger partial charge in [-0.15, -0.1) is 0 Å². The number of alkyl halides is 3. The fraction of sp³-hybridized carbons (Fsp3) is 1.00. The highest BCUT2D eigenvalue weighted by atomic mass is 19.4. The van der Waals surface area contributed by atoms with Crippen molar-refractivity contribution in [2.45, 2.75) is 45.7 Å². The zero-order valence-corrected chi connectivity index (χ0v) is 7.04. The molecule has 1 atom stereocenters. The Bertz CT molecular complexity index is 96.0. The maximum Gasteiger partial charge on any atom is 0.391 e. The van der Waals surface area contributed by atoms with Gasteiger partial charge in [-0.1, -0.05) is 33.1 Å². The molecule has 0 saturated carbocycles. The molecule has 3 heteroatoms. The van der Waals surface area contributed by atoms with Crippen LogP contribution >= 0.6 is 0 Å². The first kappa shape index (κ1) is 10.8. The molecule has 0 heterocycles. The van der Waals surface area contributed by atoms with Gasteiger partial charge >= 0.3 is 6.18 Å². The summed E-state index contributed by atoms with van der Waals surface area (Å²) in [6.07, 6.45) is -1.15. The number of unbranched alkanes of at least 4 members (excludes halogenated alkanes) is 2. The van der Waals surface area contributed by atoms with Crippen LogP contribution in [0.2, 0.25) is 0 Å². The van der Waals surface area contributed by atoms with E-state index in [1.165, 1.54) is 6.92 Å². The Balaban J connectivity index is 3.44. The molecule has 0 aliphatic heterocycles. The second-order valence-corrected chi connectivity index (χ2v) is 2.94. The average molecular weight is 168 g/mol. The van der Waals surface area contributed by atoms with Crippen LogP contribution in [0.5, 0.6) is 0 Å². The molecule has 0 aliphatic rings. The first-order valence-corrected chi connectivity index (χ1v) is 4.05. The van der Waals surface area contributed by atoms with Crippen molar-refractivity contribution in [2.24, 2.45) is 5.92 Å². The maximum absolute atomic E-state index is 11.9. The predicted molar refractivity (Wildman–Crippen MR) is 39.4 cm³/mol. The third kappa shape index (κ3) is 5.10. The highest BCUT2D eigenvalue weighted by molar-refractivity contribution is 4.61. The fourth-order valence-corrected chi connectivity index (χ4v) is 0.864. The number of halogens is 3. The minimum Gasteiger partial charge on any atom is -0.171 e. The van der Waals surface area contributed by atoms with Crippen LogP contribution in [-0.4, -0.2) is 6.18 Å². The Morgan fingerprint density at radius 1 is 1.18 bits per heavy atom. The van der Waals surface area contributed by atoms with Gasteiger partial charge in [0.05, 0.1) is 5.92 Å². The van der Waals surface area contributed by atoms with Crippen molar-refractivity contribution in [1.82, 2.24) is 0 Å². The number of hydrogen-bond acceptors (Lipinski definition) is 0. The molecule has 0 unspecified atom stereocenters. The van der Waals surface area contributed by atoms with Crippen molar-refractivity contribution in [2.75, 3.05) is 0 Å². The van der Waals surface area contributed by atoms with Crippen LogP contribution in [0.1, 0.15) is 39.5 Å². The molecule has 0 fully saturated rings. The van der Waals surface area contributed by atoms with Crippen LogP contribution in [0.15, 0.2) is 0 Å². The Morgan fingerprint density at radius 3 is 2.09 bits per heavy atom. The van der Waals surface area contributed by atoms with Crippen molar-refractivity contribution in [1.29, 1.82) is 0 Å². The molecular weight excluding hydrogens is 153 g/mol. The van der Waals surface area contributed by atoms with E-state index in [2.05, 4.69) is 0 Å². The van der Waals surface area contributed by atoms with Crippen molar-refractivity contribution in [3.05, 3.63) is 0 Å². The maximum atomic E-state index is 11.9. The normalized spacial score (nSPS) is 15.0. The molecule has 0 spiro atoms. The first-order chi connectivity index (χ1) is 4.98. The lowest BCUT2D eigenvalue weighted by Gasteiger charge is -2.14. The smallest absolute Gasteiger partial charge is 0.171 e. The van der Waals surface area contributed by atoms with Crippen LogP contribution in [0.4, 0.5) is 13.2 Å². The number of hydrogen-bond donors (Lipinski definition) is 0. The van der Waals surface area contributed by atoms with E-state index in [1.807, 2.05) is 6.92 Å². The molecule has 0 bridgehead atoms. The summed E-state index contributed by atoms with van der Waals surface area (Å²) >= 11 is 0. The summed E-state index contributed by atoms with van der Waals surface area (Å²) in [7, 11) is 0. The number of rotatable bonds is 4. The fourth-order valence-electron chi connectivity index (χ4n) is 0.864. The van der Waals surface area contributed by atoms with E-state index in [9.17, 15) is 13.2 Å². The summed E-state index contributed by atoms with van der Waals surface area (Å²) in [6, 6.07) is 0. The summed E-state index contributed by atoms with van der Waals surface area (Å²) in [5, 5.41) is 0. The van der Waals surface area contributed by atoms with Crippen molar-refractivity contribution >= 4 is 0 Å². The SMILES string of the molecule is CCCCC[C@H](C)C(F)(F)F. The van der Waals surface area contributed by atoms with E-state index < -0.39 is 12.1 Å². The van der Waals surface area contributed by atoms with Crippen LogP contribution in [0, 0.1) is 5.92 Å². The zero-order chi connectivity index (χ0) is 8.91. The highest BCUT2D eigenvalue weighted by Crippen LogP contribution is 2.29. The van der Waals surface area contributed by atoms with Crippen molar-refractivity contribution in [3.8, 4) is 0 Å². The molecule has 0 nitrogen and oxygen atoms in total. The van der Waals surface area contributed by atoms with Gasteiger partial charge in [-0.3, -0.25) is 0 Å². The monoisotopic (exact) mass is 168 g/mol. The van der Waals surface area contributed by atoms with Gasteiger partial charge in [0.2, 0.25) is 0 Å². The second-order valence-electron chi connectivity index (χ2n) is 2.94. The third-order valence-corrected chi connectivity index (χ3v) is 1.80. The molecule has 0 aromatic carbocycles. The molecule has 68 valence electrons. The Kier molecular flexibility index (Phi) is 4.54. The van der Waals surface area contributed by atoms with Crippen LogP contribution in [0.25, 0.3) is 0 Å². The van der Waals surface area contributed by atoms with Gasteiger partial charge in [-0.25, -0.2) is 0 Å². The van der Waals surface area contributed by atoms with E-state index in [0.717, 1.165) is 12.8 Å². The van der Waals surface area contributed by atoms with Gasteiger partial charge in [0.25, 0.3) is 0 Å². The Morgan fingerprint density at radius 2 is 1.73 bits per heavy atom. The van der Waals surface area contributed by atoms with E-state index >= 15 is 0 Å². The summed E-state index contributed by atoms with van der Waals surface area (Å²) in [5.41, 5.74) is 0. The Hall–Kier alpha value is -0.210. The molecule has 0 saturated heterocycles. The van der Waals surface area contributed by atoms with Gasteiger partial charge in [-0.05, 0) is 6.42 Å². The van der Waals surface area contributed by atoms with Crippen LogP contribution in [-0.2, 0) is 0 Å². The van der Waals surface area contributed by atoms with Crippen LogP contribution in [0.3, 0.4) is 0 Å². The topological polar surface area (TPSA) is 0 Å². The summed E-state index contributed by atoms with van der Waals surface area (Å²) in [5.74, 6) is -1.13. The van der Waals surface area contributed by atoms with Crippen molar-refractivity contribution < 1.29 is 13.2 Å². The van der Waals surface area contributed by atoms with Crippen LogP contribution < -0.4 is 0 Å². The van der Waals surface area contributed by atoms with E-state index in [1.54, 1.807) is 0 Å². The average Bonchev–Trinajstić information content (AvgIpc) is 1.86. The summed E-state index contributed by atoms with van der Waals surface area (Å²) < 4.78 is 35.6. The lowest BCUT2D eigenvalue weighted by Crippen LogP contribution is -2.19.